The highest BCUT2D eigenvalue weighted by Gasteiger charge is 2.38. The Bertz CT molecular complexity index is 836. The van der Waals surface area contributed by atoms with E-state index in [1.54, 1.807) is 7.11 Å². The zero-order valence-electron chi connectivity index (χ0n) is 22.2. The van der Waals surface area contributed by atoms with Crippen molar-refractivity contribution in [2.24, 2.45) is 5.92 Å². The van der Waals surface area contributed by atoms with Crippen LogP contribution < -0.4 is 4.74 Å². The fourth-order valence-electron chi connectivity index (χ4n) is 4.63. The Morgan fingerprint density at radius 1 is 0.944 bits per heavy atom. The summed E-state index contributed by atoms with van der Waals surface area (Å²) in [5.74, 6) is 0.449. The van der Waals surface area contributed by atoms with Gasteiger partial charge < -0.3 is 28.8 Å². The first-order chi connectivity index (χ1) is 17.6. The number of benzene rings is 2. The molecule has 0 saturated carbocycles. The molecule has 2 aromatic rings. The van der Waals surface area contributed by atoms with Crippen LogP contribution in [0.3, 0.4) is 0 Å². The second kappa shape index (κ2) is 15.3. The molecule has 3 rings (SSSR count). The van der Waals surface area contributed by atoms with E-state index >= 15 is 0 Å². The van der Waals surface area contributed by atoms with E-state index in [2.05, 4.69) is 13.8 Å². The number of aliphatic hydroxyl groups is 1. The van der Waals surface area contributed by atoms with Crippen molar-refractivity contribution in [1.29, 1.82) is 0 Å². The summed E-state index contributed by atoms with van der Waals surface area (Å²) in [6.45, 7) is 6.95. The van der Waals surface area contributed by atoms with Crippen molar-refractivity contribution in [3.8, 4) is 5.75 Å². The molecule has 6 heteroatoms. The monoisotopic (exact) mass is 500 g/mol. The minimum atomic E-state index is -0.484. The van der Waals surface area contributed by atoms with E-state index in [1.165, 1.54) is 0 Å². The molecule has 0 spiro atoms. The highest BCUT2D eigenvalue weighted by atomic mass is 16.7. The fourth-order valence-corrected chi connectivity index (χ4v) is 4.63. The molecular formula is C30H44O6. The van der Waals surface area contributed by atoms with Gasteiger partial charge in [0, 0.05) is 12.5 Å². The first-order valence-corrected chi connectivity index (χ1v) is 13.4. The molecule has 1 heterocycles. The first-order valence-electron chi connectivity index (χ1n) is 13.4. The number of rotatable bonds is 17. The smallest absolute Gasteiger partial charge is 0.168 e. The molecule has 0 aliphatic carbocycles. The van der Waals surface area contributed by atoms with Crippen LogP contribution in [0.5, 0.6) is 5.75 Å². The van der Waals surface area contributed by atoms with Crippen LogP contribution in [0.2, 0.25) is 0 Å². The lowest BCUT2D eigenvalue weighted by molar-refractivity contribution is -0.172. The molecule has 0 aromatic heterocycles. The van der Waals surface area contributed by atoms with Crippen molar-refractivity contribution in [2.45, 2.75) is 83.6 Å². The van der Waals surface area contributed by atoms with Gasteiger partial charge in [0.15, 0.2) is 5.79 Å². The van der Waals surface area contributed by atoms with E-state index in [-0.39, 0.29) is 12.0 Å². The van der Waals surface area contributed by atoms with Gasteiger partial charge in [0.05, 0.1) is 45.7 Å². The summed E-state index contributed by atoms with van der Waals surface area (Å²) in [4.78, 5) is 0. The Labute approximate surface area is 216 Å². The van der Waals surface area contributed by atoms with Gasteiger partial charge in [0.25, 0.3) is 0 Å². The second-order valence-corrected chi connectivity index (χ2v) is 9.62. The lowest BCUT2D eigenvalue weighted by Gasteiger charge is -2.25. The van der Waals surface area contributed by atoms with Gasteiger partial charge in [-0.05, 0) is 55.4 Å². The Kier molecular flexibility index (Phi) is 12.2. The van der Waals surface area contributed by atoms with E-state index in [0.29, 0.717) is 39.5 Å². The predicted octanol–water partition coefficient (Wildman–Crippen LogP) is 5.90. The SMILES string of the molecule is CCC1(CC)OC[C@H](CCC[C@@H](COCc2ccc(OC)cc2)C(O)CCOCc2ccccc2)O1. The van der Waals surface area contributed by atoms with Crippen LogP contribution in [0.4, 0.5) is 0 Å². The summed E-state index contributed by atoms with van der Waals surface area (Å²) in [7, 11) is 1.66. The van der Waals surface area contributed by atoms with E-state index in [4.69, 9.17) is 23.7 Å². The van der Waals surface area contributed by atoms with Crippen LogP contribution in [-0.2, 0) is 32.2 Å². The number of hydrogen-bond donors (Lipinski definition) is 1. The molecular weight excluding hydrogens is 456 g/mol. The molecule has 0 radical (unpaired) electrons. The Balaban J connectivity index is 1.45. The summed E-state index contributed by atoms with van der Waals surface area (Å²) in [6, 6.07) is 18.0. The van der Waals surface area contributed by atoms with E-state index < -0.39 is 11.9 Å². The Morgan fingerprint density at radius 2 is 1.64 bits per heavy atom. The normalized spacial score (nSPS) is 18.7. The second-order valence-electron chi connectivity index (χ2n) is 9.62. The van der Waals surface area contributed by atoms with Crippen LogP contribution in [-0.4, -0.2) is 50.0 Å². The van der Waals surface area contributed by atoms with Gasteiger partial charge in [-0.25, -0.2) is 0 Å². The van der Waals surface area contributed by atoms with Crippen LogP contribution in [0.25, 0.3) is 0 Å². The molecule has 36 heavy (non-hydrogen) atoms. The molecule has 0 bridgehead atoms. The molecule has 0 amide bonds. The van der Waals surface area contributed by atoms with Gasteiger partial charge in [-0.15, -0.1) is 0 Å². The number of ether oxygens (including phenoxy) is 5. The van der Waals surface area contributed by atoms with Gasteiger partial charge >= 0.3 is 0 Å². The summed E-state index contributed by atoms with van der Waals surface area (Å²) in [5.41, 5.74) is 2.22. The third-order valence-electron chi connectivity index (χ3n) is 7.07. The number of methoxy groups -OCH3 is 1. The third-order valence-corrected chi connectivity index (χ3v) is 7.07. The van der Waals surface area contributed by atoms with Crippen molar-refractivity contribution in [2.75, 3.05) is 26.9 Å². The van der Waals surface area contributed by atoms with Crippen molar-refractivity contribution in [3.05, 3.63) is 65.7 Å². The maximum absolute atomic E-state index is 11.0. The van der Waals surface area contributed by atoms with Crippen molar-refractivity contribution in [1.82, 2.24) is 0 Å². The molecule has 2 aromatic carbocycles. The largest absolute Gasteiger partial charge is 0.497 e. The molecule has 1 unspecified atom stereocenters. The number of aliphatic hydroxyl groups excluding tert-OH is 1. The molecule has 1 aliphatic rings. The zero-order valence-corrected chi connectivity index (χ0v) is 22.2. The van der Waals surface area contributed by atoms with Crippen LogP contribution in [0.15, 0.2) is 54.6 Å². The fraction of sp³-hybridized carbons (Fsp3) is 0.600. The molecule has 3 atom stereocenters. The van der Waals surface area contributed by atoms with Crippen LogP contribution >= 0.6 is 0 Å². The lowest BCUT2D eigenvalue weighted by atomic mass is 9.94. The summed E-state index contributed by atoms with van der Waals surface area (Å²) in [6.07, 6.45) is 4.70. The number of hydrogen-bond acceptors (Lipinski definition) is 6. The zero-order chi connectivity index (χ0) is 25.6. The highest BCUT2D eigenvalue weighted by Crippen LogP contribution is 2.32. The Hall–Kier alpha value is -1.96. The maximum atomic E-state index is 11.0. The van der Waals surface area contributed by atoms with Gasteiger partial charge in [-0.2, -0.15) is 0 Å². The van der Waals surface area contributed by atoms with Crippen molar-refractivity contribution < 1.29 is 28.8 Å². The molecule has 1 saturated heterocycles. The third kappa shape index (κ3) is 9.16. The Morgan fingerprint density at radius 3 is 2.31 bits per heavy atom. The summed E-state index contributed by atoms with van der Waals surface area (Å²) >= 11 is 0. The maximum Gasteiger partial charge on any atom is 0.168 e. The summed E-state index contributed by atoms with van der Waals surface area (Å²) in [5, 5.41) is 11.0. The molecule has 1 aliphatic heterocycles. The average molecular weight is 501 g/mol. The molecule has 6 nitrogen and oxygen atoms in total. The van der Waals surface area contributed by atoms with Gasteiger partial charge in [0.1, 0.15) is 5.75 Å². The quantitative estimate of drug-likeness (QED) is 0.273. The van der Waals surface area contributed by atoms with Gasteiger partial charge in [0.2, 0.25) is 0 Å². The van der Waals surface area contributed by atoms with E-state index in [1.807, 2.05) is 54.6 Å². The highest BCUT2D eigenvalue weighted by molar-refractivity contribution is 5.26. The average Bonchev–Trinajstić information content (AvgIpc) is 3.35. The molecule has 200 valence electrons. The predicted molar refractivity (Wildman–Crippen MR) is 141 cm³/mol. The van der Waals surface area contributed by atoms with Crippen molar-refractivity contribution in [3.63, 3.8) is 0 Å². The lowest BCUT2D eigenvalue weighted by Crippen LogP contribution is -2.29. The first kappa shape index (κ1) is 28.6. The van der Waals surface area contributed by atoms with Gasteiger partial charge in [-0.3, -0.25) is 0 Å². The van der Waals surface area contributed by atoms with E-state index in [0.717, 1.165) is 49.0 Å². The topological polar surface area (TPSA) is 66.4 Å². The standard InChI is InChI=1S/C30H44O6/c1-4-30(5-2)35-23-28(36-30)13-9-12-26(22-34-21-25-14-16-27(32-3)17-15-25)29(31)18-19-33-20-24-10-7-6-8-11-24/h6-8,10-11,14-17,26,28-29,31H,4-5,9,12-13,18-23H2,1-3H3/t26-,28-,29?/m0/s1. The van der Waals surface area contributed by atoms with Crippen molar-refractivity contribution >= 4 is 0 Å². The minimum absolute atomic E-state index is 0.0352. The van der Waals surface area contributed by atoms with Gasteiger partial charge in [-0.1, -0.05) is 62.7 Å². The van der Waals surface area contributed by atoms with Crippen LogP contribution in [0.1, 0.15) is 63.5 Å². The van der Waals surface area contributed by atoms with E-state index in [9.17, 15) is 5.11 Å². The molecule has 1 N–H and O–H groups in total. The van der Waals surface area contributed by atoms with Crippen LogP contribution in [0, 0.1) is 5.92 Å². The molecule has 1 fully saturated rings. The summed E-state index contributed by atoms with van der Waals surface area (Å²) < 4.78 is 29.3. The minimum Gasteiger partial charge on any atom is -0.497 e.